The van der Waals surface area contributed by atoms with Gasteiger partial charge >= 0.3 is 0 Å². The molecule has 7 heteroatoms. The number of likely N-dealkylation sites (tertiary alicyclic amines) is 1. The Morgan fingerprint density at radius 1 is 1.26 bits per heavy atom. The van der Waals surface area contributed by atoms with Gasteiger partial charge in [-0.1, -0.05) is 17.3 Å². The summed E-state index contributed by atoms with van der Waals surface area (Å²) in [5.41, 5.74) is 1.78. The molecule has 3 aromatic rings. The van der Waals surface area contributed by atoms with E-state index in [1.54, 1.807) is 24.5 Å². The third-order valence-corrected chi connectivity index (χ3v) is 4.76. The van der Waals surface area contributed by atoms with Crippen LogP contribution in [0, 0.1) is 5.82 Å². The number of halogens is 1. The second kappa shape index (κ2) is 7.65. The van der Waals surface area contributed by atoms with Gasteiger partial charge in [-0.15, -0.1) is 0 Å². The normalized spacial score (nSPS) is 16.2. The minimum Gasteiger partial charge on any atom is -0.339 e. The molecule has 2 aromatic heterocycles. The molecular formula is C20H19FN4O2. The van der Waals surface area contributed by atoms with Gasteiger partial charge in [0.15, 0.2) is 0 Å². The van der Waals surface area contributed by atoms with E-state index in [0.717, 1.165) is 24.1 Å². The van der Waals surface area contributed by atoms with Crippen molar-refractivity contribution in [3.8, 4) is 11.4 Å². The van der Waals surface area contributed by atoms with Crippen molar-refractivity contribution < 1.29 is 13.7 Å². The molecule has 1 aliphatic heterocycles. The van der Waals surface area contributed by atoms with E-state index in [9.17, 15) is 9.18 Å². The molecule has 0 radical (unpaired) electrons. The van der Waals surface area contributed by atoms with E-state index in [1.165, 1.54) is 12.1 Å². The van der Waals surface area contributed by atoms with Crippen LogP contribution in [-0.4, -0.2) is 32.5 Å². The molecule has 6 nitrogen and oxygen atoms in total. The smallest absolute Gasteiger partial charge is 0.226 e. The number of carbonyl (C=O) groups excluding carboxylic acids is 1. The maximum absolute atomic E-state index is 13.1. The van der Waals surface area contributed by atoms with Crippen molar-refractivity contribution in [1.82, 2.24) is 20.0 Å². The summed E-state index contributed by atoms with van der Waals surface area (Å²) in [6, 6.07) is 10.1. The van der Waals surface area contributed by atoms with Crippen molar-refractivity contribution in [2.45, 2.75) is 31.7 Å². The predicted octanol–water partition coefficient (Wildman–Crippen LogP) is 3.57. The number of pyridine rings is 1. The van der Waals surface area contributed by atoms with Crippen molar-refractivity contribution >= 4 is 5.91 Å². The Hall–Kier alpha value is -3.09. The average molecular weight is 366 g/mol. The van der Waals surface area contributed by atoms with E-state index in [4.69, 9.17) is 4.52 Å². The van der Waals surface area contributed by atoms with Crippen LogP contribution in [-0.2, 0) is 11.2 Å². The molecule has 1 aromatic carbocycles. The molecule has 0 unspecified atom stereocenters. The molecule has 3 heterocycles. The fourth-order valence-electron chi connectivity index (χ4n) is 3.22. The van der Waals surface area contributed by atoms with Gasteiger partial charge in [-0.2, -0.15) is 4.98 Å². The zero-order chi connectivity index (χ0) is 18.6. The van der Waals surface area contributed by atoms with Gasteiger partial charge in [0.2, 0.25) is 17.6 Å². The molecule has 1 atom stereocenters. The molecule has 0 saturated carbocycles. The third-order valence-electron chi connectivity index (χ3n) is 4.76. The molecule has 27 heavy (non-hydrogen) atoms. The Balaban J connectivity index is 1.29. The van der Waals surface area contributed by atoms with Crippen LogP contribution in [0.2, 0.25) is 0 Å². The fraction of sp³-hybridized carbons (Fsp3) is 0.300. The first kappa shape index (κ1) is 17.3. The van der Waals surface area contributed by atoms with E-state index in [-0.39, 0.29) is 17.8 Å². The lowest BCUT2D eigenvalue weighted by Gasteiger charge is -2.41. The van der Waals surface area contributed by atoms with Crippen LogP contribution in [0.5, 0.6) is 0 Å². The first-order valence-corrected chi connectivity index (χ1v) is 8.98. The predicted molar refractivity (Wildman–Crippen MR) is 95.9 cm³/mol. The van der Waals surface area contributed by atoms with Crippen molar-refractivity contribution in [3.63, 3.8) is 0 Å². The van der Waals surface area contributed by atoms with Crippen LogP contribution in [0.25, 0.3) is 11.4 Å². The molecule has 0 spiro atoms. The lowest BCUT2D eigenvalue weighted by Crippen LogP contribution is -2.45. The molecular weight excluding hydrogens is 347 g/mol. The molecule has 4 rings (SSSR count). The minimum atomic E-state index is -0.263. The van der Waals surface area contributed by atoms with Gasteiger partial charge in [-0.05, 0) is 42.7 Å². The van der Waals surface area contributed by atoms with E-state index >= 15 is 0 Å². The van der Waals surface area contributed by atoms with Gasteiger partial charge in [-0.25, -0.2) is 4.39 Å². The van der Waals surface area contributed by atoms with Crippen molar-refractivity contribution in [1.29, 1.82) is 0 Å². The number of aryl methyl sites for hydroxylation is 1. The summed E-state index contributed by atoms with van der Waals surface area (Å²) in [4.78, 5) is 22.7. The number of hydrogen-bond donors (Lipinski definition) is 0. The summed E-state index contributed by atoms with van der Waals surface area (Å²) in [6.45, 7) is 0.743. The highest BCUT2D eigenvalue weighted by Crippen LogP contribution is 2.34. The maximum Gasteiger partial charge on any atom is 0.226 e. The van der Waals surface area contributed by atoms with E-state index in [0.29, 0.717) is 31.0 Å². The van der Waals surface area contributed by atoms with Crippen LogP contribution in [0.15, 0.2) is 53.3 Å². The quantitative estimate of drug-likeness (QED) is 0.667. The average Bonchev–Trinajstić information content (AvgIpc) is 3.12. The maximum atomic E-state index is 13.1. The Morgan fingerprint density at radius 3 is 2.81 bits per heavy atom. The van der Waals surface area contributed by atoms with Gasteiger partial charge < -0.3 is 9.42 Å². The Labute approximate surface area is 156 Å². The van der Waals surface area contributed by atoms with Crippen molar-refractivity contribution in [2.24, 2.45) is 0 Å². The third kappa shape index (κ3) is 3.86. The number of hydrogen-bond acceptors (Lipinski definition) is 5. The molecule has 1 aliphatic rings. The van der Waals surface area contributed by atoms with Crippen LogP contribution in [0.3, 0.4) is 0 Å². The molecule has 138 valence electrons. The zero-order valence-electron chi connectivity index (χ0n) is 14.7. The molecule has 1 fully saturated rings. The summed E-state index contributed by atoms with van der Waals surface area (Å²) in [5.74, 6) is 0.854. The highest BCUT2D eigenvalue weighted by Gasteiger charge is 2.32. The monoisotopic (exact) mass is 366 g/mol. The molecule has 0 aliphatic carbocycles. The van der Waals surface area contributed by atoms with Crippen LogP contribution in [0.1, 0.15) is 36.8 Å². The zero-order valence-corrected chi connectivity index (χ0v) is 14.7. The standard InChI is InChI=1S/C20H19FN4O2/c21-16-8-6-14(7-9-16)17-10-12-25(17)19(26)5-1-4-18-23-20(24-27-18)15-3-2-11-22-13-15/h2-3,6-9,11,13,17H,1,4-5,10,12H2/t17-/m0/s1. The first-order valence-electron chi connectivity index (χ1n) is 8.98. The summed E-state index contributed by atoms with van der Waals surface area (Å²) >= 11 is 0. The van der Waals surface area contributed by atoms with Crippen LogP contribution in [0.4, 0.5) is 4.39 Å². The fourth-order valence-corrected chi connectivity index (χ4v) is 3.22. The molecule has 1 saturated heterocycles. The number of aromatic nitrogens is 3. The van der Waals surface area contributed by atoms with Gasteiger partial charge in [0.1, 0.15) is 5.82 Å². The van der Waals surface area contributed by atoms with Crippen molar-refractivity contribution in [2.75, 3.05) is 6.54 Å². The summed E-state index contributed by atoms with van der Waals surface area (Å²) in [6.07, 6.45) is 5.88. The molecule has 0 bridgehead atoms. The number of carbonyl (C=O) groups is 1. The number of benzene rings is 1. The van der Waals surface area contributed by atoms with Gasteiger partial charge in [0, 0.05) is 37.3 Å². The largest absolute Gasteiger partial charge is 0.339 e. The summed E-state index contributed by atoms with van der Waals surface area (Å²) in [7, 11) is 0. The summed E-state index contributed by atoms with van der Waals surface area (Å²) < 4.78 is 18.3. The first-order chi connectivity index (χ1) is 13.2. The van der Waals surface area contributed by atoms with Crippen LogP contribution >= 0.6 is 0 Å². The van der Waals surface area contributed by atoms with Gasteiger partial charge in [-0.3, -0.25) is 9.78 Å². The SMILES string of the molecule is O=C(CCCc1nc(-c2cccnc2)no1)N1CC[C@H]1c1ccc(F)cc1. The lowest BCUT2D eigenvalue weighted by atomic mass is 9.94. The second-order valence-electron chi connectivity index (χ2n) is 6.55. The van der Waals surface area contributed by atoms with Crippen LogP contribution < -0.4 is 0 Å². The number of rotatable bonds is 6. The van der Waals surface area contributed by atoms with E-state index in [1.807, 2.05) is 17.0 Å². The van der Waals surface area contributed by atoms with Gasteiger partial charge in [0.25, 0.3) is 0 Å². The van der Waals surface area contributed by atoms with Gasteiger partial charge in [0.05, 0.1) is 6.04 Å². The highest BCUT2D eigenvalue weighted by molar-refractivity contribution is 5.77. The second-order valence-corrected chi connectivity index (χ2v) is 6.55. The highest BCUT2D eigenvalue weighted by atomic mass is 19.1. The lowest BCUT2D eigenvalue weighted by molar-refractivity contribution is -0.139. The Kier molecular flexibility index (Phi) is 4.91. The summed E-state index contributed by atoms with van der Waals surface area (Å²) in [5, 5.41) is 3.95. The van der Waals surface area contributed by atoms with Crippen molar-refractivity contribution in [3.05, 3.63) is 66.1 Å². The Morgan fingerprint density at radius 2 is 2.11 bits per heavy atom. The molecule has 0 N–H and O–H groups in total. The van der Waals surface area contributed by atoms with E-state index < -0.39 is 0 Å². The Bertz CT molecular complexity index is 911. The van der Waals surface area contributed by atoms with E-state index in [2.05, 4.69) is 15.1 Å². The topological polar surface area (TPSA) is 72.1 Å². The number of nitrogens with zero attached hydrogens (tertiary/aromatic N) is 4. The molecule has 1 amide bonds. The minimum absolute atomic E-state index is 0.0543. The number of amides is 1.